The van der Waals surface area contributed by atoms with Crippen molar-refractivity contribution >= 4 is 40.9 Å². The predicted octanol–water partition coefficient (Wildman–Crippen LogP) is 2.22. The van der Waals surface area contributed by atoms with E-state index >= 15 is 0 Å². The highest BCUT2D eigenvalue weighted by atomic mass is 35.5. The Balaban J connectivity index is 2.54. The Morgan fingerprint density at radius 3 is 2.53 bits per heavy atom. The maximum absolute atomic E-state index is 10.8. The number of hydrogen-bond donors (Lipinski definition) is 2. The third-order valence-electron chi connectivity index (χ3n) is 1.70. The summed E-state index contributed by atoms with van der Waals surface area (Å²) < 4.78 is 0. The van der Waals surface area contributed by atoms with E-state index in [0.29, 0.717) is 15.8 Å². The van der Waals surface area contributed by atoms with E-state index in [1.165, 1.54) is 11.8 Å². The first-order chi connectivity index (χ1) is 7.15. The first kappa shape index (κ1) is 12.6. The summed E-state index contributed by atoms with van der Waals surface area (Å²) in [5.74, 6) is 5.61. The first-order valence-corrected chi connectivity index (χ1v) is 6.06. The molecular weight excluding hydrogens is 255 g/mol. The van der Waals surface area contributed by atoms with Crippen molar-refractivity contribution in [2.45, 2.75) is 5.75 Å². The minimum absolute atomic E-state index is 0.219. The second-order valence-corrected chi connectivity index (χ2v) is 4.56. The lowest BCUT2D eigenvalue weighted by Crippen LogP contribution is -2.31. The molecule has 0 aliphatic rings. The highest BCUT2D eigenvalue weighted by Gasteiger charge is 2.06. The molecule has 0 fully saturated rings. The molecule has 0 radical (unpaired) electrons. The number of carbonyl (C=O) groups is 1. The topological polar surface area (TPSA) is 55.1 Å². The van der Waals surface area contributed by atoms with Gasteiger partial charge in [0.1, 0.15) is 0 Å². The molecule has 1 aromatic rings. The van der Waals surface area contributed by atoms with E-state index in [9.17, 15) is 4.79 Å². The van der Waals surface area contributed by atoms with Crippen LogP contribution in [0, 0.1) is 0 Å². The van der Waals surface area contributed by atoms with Crippen molar-refractivity contribution in [1.82, 2.24) is 5.43 Å². The van der Waals surface area contributed by atoms with E-state index in [1.54, 1.807) is 18.2 Å². The smallest absolute Gasteiger partial charge is 0.243 e. The highest BCUT2D eigenvalue weighted by Crippen LogP contribution is 2.27. The Labute approximate surface area is 102 Å². The lowest BCUT2D eigenvalue weighted by atomic mass is 10.2. The van der Waals surface area contributed by atoms with Gasteiger partial charge >= 0.3 is 0 Å². The number of carbonyl (C=O) groups excluding carboxylic acids is 1. The zero-order valence-electron chi connectivity index (χ0n) is 7.80. The van der Waals surface area contributed by atoms with Crippen LogP contribution in [0.4, 0.5) is 0 Å². The van der Waals surface area contributed by atoms with Crippen molar-refractivity contribution in [2.75, 3.05) is 5.75 Å². The molecule has 1 aromatic carbocycles. The largest absolute Gasteiger partial charge is 0.294 e. The van der Waals surface area contributed by atoms with E-state index in [2.05, 4.69) is 5.43 Å². The number of thioether (sulfide) groups is 1. The zero-order valence-corrected chi connectivity index (χ0v) is 10.1. The number of nitrogens with one attached hydrogen (secondary N) is 1. The third-order valence-corrected chi connectivity index (χ3v) is 3.37. The van der Waals surface area contributed by atoms with Gasteiger partial charge in [0, 0.05) is 15.8 Å². The summed E-state index contributed by atoms with van der Waals surface area (Å²) in [6, 6.07) is 5.32. The van der Waals surface area contributed by atoms with E-state index in [0.717, 1.165) is 5.56 Å². The fourth-order valence-electron chi connectivity index (χ4n) is 0.958. The maximum atomic E-state index is 10.8. The highest BCUT2D eigenvalue weighted by molar-refractivity contribution is 7.99. The van der Waals surface area contributed by atoms with Crippen LogP contribution in [-0.2, 0) is 10.5 Å². The van der Waals surface area contributed by atoms with Crippen LogP contribution in [-0.4, -0.2) is 11.7 Å². The molecule has 0 bridgehead atoms. The Hall–Kier alpha value is -0.420. The summed E-state index contributed by atoms with van der Waals surface area (Å²) >= 11 is 13.3. The molecule has 0 saturated heterocycles. The average molecular weight is 265 g/mol. The van der Waals surface area contributed by atoms with E-state index in [1.807, 2.05) is 0 Å². The maximum Gasteiger partial charge on any atom is 0.243 e. The first-order valence-electron chi connectivity index (χ1n) is 4.15. The summed E-state index contributed by atoms with van der Waals surface area (Å²) in [4.78, 5) is 10.8. The predicted molar refractivity (Wildman–Crippen MR) is 65.0 cm³/mol. The number of amides is 1. The van der Waals surface area contributed by atoms with Crippen LogP contribution in [0.5, 0.6) is 0 Å². The van der Waals surface area contributed by atoms with Gasteiger partial charge in [0.2, 0.25) is 5.91 Å². The molecule has 0 heterocycles. The number of halogens is 2. The van der Waals surface area contributed by atoms with E-state index < -0.39 is 0 Å². The molecular formula is C9H10Cl2N2OS. The molecule has 3 nitrogen and oxygen atoms in total. The minimum atomic E-state index is -0.219. The number of hydrogen-bond acceptors (Lipinski definition) is 3. The Morgan fingerprint density at radius 2 is 2.00 bits per heavy atom. The minimum Gasteiger partial charge on any atom is -0.294 e. The van der Waals surface area contributed by atoms with Gasteiger partial charge in [-0.2, -0.15) is 0 Å². The van der Waals surface area contributed by atoms with Gasteiger partial charge in [0.05, 0.1) is 5.75 Å². The Kier molecular flexibility index (Phi) is 5.25. The van der Waals surface area contributed by atoms with Crippen LogP contribution in [0.25, 0.3) is 0 Å². The molecule has 6 heteroatoms. The normalized spacial score (nSPS) is 10.1. The van der Waals surface area contributed by atoms with Crippen LogP contribution >= 0.6 is 35.0 Å². The Bertz CT molecular complexity index is 340. The van der Waals surface area contributed by atoms with Crippen LogP contribution in [0.1, 0.15) is 5.56 Å². The summed E-state index contributed by atoms with van der Waals surface area (Å²) in [7, 11) is 0. The SMILES string of the molecule is NNC(=O)CSCc1c(Cl)cccc1Cl. The van der Waals surface area contributed by atoms with Crippen LogP contribution < -0.4 is 11.3 Å². The van der Waals surface area contributed by atoms with Crippen LogP contribution in [0.2, 0.25) is 10.0 Å². The van der Waals surface area contributed by atoms with Gasteiger partial charge in [0.25, 0.3) is 0 Å². The van der Waals surface area contributed by atoms with Crippen molar-refractivity contribution in [3.8, 4) is 0 Å². The second-order valence-electron chi connectivity index (χ2n) is 2.76. The second kappa shape index (κ2) is 6.23. The molecule has 15 heavy (non-hydrogen) atoms. The van der Waals surface area contributed by atoms with Gasteiger partial charge < -0.3 is 0 Å². The van der Waals surface area contributed by atoms with Crippen molar-refractivity contribution in [1.29, 1.82) is 0 Å². The number of nitrogens with two attached hydrogens (primary N) is 1. The monoisotopic (exact) mass is 264 g/mol. The lowest BCUT2D eigenvalue weighted by Gasteiger charge is -2.05. The molecule has 0 atom stereocenters. The van der Waals surface area contributed by atoms with Crippen molar-refractivity contribution < 1.29 is 4.79 Å². The van der Waals surface area contributed by atoms with Gasteiger partial charge in [0.15, 0.2) is 0 Å². The van der Waals surface area contributed by atoms with Gasteiger partial charge in [-0.15, -0.1) is 11.8 Å². The summed E-state index contributed by atoms with van der Waals surface area (Å²) in [6.45, 7) is 0. The quantitative estimate of drug-likeness (QED) is 0.498. The molecule has 3 N–H and O–H groups in total. The molecule has 0 aromatic heterocycles. The summed E-state index contributed by atoms with van der Waals surface area (Å²) in [5.41, 5.74) is 2.90. The zero-order chi connectivity index (χ0) is 11.3. The molecule has 0 aliphatic heterocycles. The fourth-order valence-corrected chi connectivity index (χ4v) is 2.53. The Morgan fingerprint density at radius 1 is 1.40 bits per heavy atom. The molecule has 82 valence electrons. The number of rotatable bonds is 4. The molecule has 0 aliphatic carbocycles. The van der Waals surface area contributed by atoms with Gasteiger partial charge in [-0.3, -0.25) is 10.2 Å². The number of hydrazine groups is 1. The van der Waals surface area contributed by atoms with Gasteiger partial charge in [-0.25, -0.2) is 5.84 Å². The van der Waals surface area contributed by atoms with Crippen molar-refractivity contribution in [3.05, 3.63) is 33.8 Å². The summed E-state index contributed by atoms with van der Waals surface area (Å²) in [5, 5.41) is 1.23. The summed E-state index contributed by atoms with van der Waals surface area (Å²) in [6.07, 6.45) is 0. The third kappa shape index (κ3) is 3.91. The van der Waals surface area contributed by atoms with Gasteiger partial charge in [-0.05, 0) is 17.7 Å². The average Bonchev–Trinajstić information content (AvgIpc) is 2.22. The molecule has 0 saturated carbocycles. The van der Waals surface area contributed by atoms with Crippen molar-refractivity contribution in [2.24, 2.45) is 5.84 Å². The standard InChI is InChI=1S/C9H10Cl2N2OS/c10-7-2-1-3-8(11)6(7)4-15-5-9(14)13-12/h1-3H,4-5,12H2,(H,13,14). The fraction of sp³-hybridized carbons (Fsp3) is 0.222. The lowest BCUT2D eigenvalue weighted by molar-refractivity contribution is -0.118. The molecule has 1 amide bonds. The number of benzene rings is 1. The van der Waals surface area contributed by atoms with Crippen LogP contribution in [0.3, 0.4) is 0 Å². The van der Waals surface area contributed by atoms with Gasteiger partial charge in [-0.1, -0.05) is 29.3 Å². The van der Waals surface area contributed by atoms with Crippen molar-refractivity contribution in [3.63, 3.8) is 0 Å². The van der Waals surface area contributed by atoms with E-state index in [4.69, 9.17) is 29.0 Å². The molecule has 0 spiro atoms. The molecule has 0 unspecified atom stereocenters. The molecule has 1 rings (SSSR count). The van der Waals surface area contributed by atoms with E-state index in [-0.39, 0.29) is 11.7 Å². The van der Waals surface area contributed by atoms with Crippen LogP contribution in [0.15, 0.2) is 18.2 Å².